The van der Waals surface area contributed by atoms with E-state index >= 15 is 0 Å². The summed E-state index contributed by atoms with van der Waals surface area (Å²) in [5.74, 6) is 1.04. The van der Waals surface area contributed by atoms with Crippen molar-refractivity contribution in [2.24, 2.45) is 0 Å². The summed E-state index contributed by atoms with van der Waals surface area (Å²) in [4.78, 5) is 17.1. The van der Waals surface area contributed by atoms with Crippen molar-refractivity contribution in [3.8, 4) is 5.75 Å². The summed E-state index contributed by atoms with van der Waals surface area (Å²) in [5, 5.41) is 5.97. The van der Waals surface area contributed by atoms with Crippen molar-refractivity contribution in [1.29, 1.82) is 0 Å². The van der Waals surface area contributed by atoms with Crippen LogP contribution < -0.4 is 15.4 Å². The van der Waals surface area contributed by atoms with Gasteiger partial charge in [-0.1, -0.05) is 31.2 Å². The predicted octanol–water partition coefficient (Wildman–Crippen LogP) is 5.64. The lowest BCUT2D eigenvalue weighted by atomic mass is 10.1. The lowest BCUT2D eigenvalue weighted by Crippen LogP contribution is -2.34. The SMILES string of the molecule is CCCOc1cccc(C(=O)NC(=S)Nc2ccc(Cc3nc4cc(C)ccc4o3)cc2)c1. The van der Waals surface area contributed by atoms with Gasteiger partial charge < -0.3 is 14.5 Å². The molecule has 7 heteroatoms. The normalized spacial score (nSPS) is 10.7. The minimum atomic E-state index is -0.294. The molecule has 0 saturated heterocycles. The molecule has 0 unspecified atom stereocenters. The first-order chi connectivity index (χ1) is 16.0. The lowest BCUT2D eigenvalue weighted by Gasteiger charge is -2.11. The molecular formula is C26H25N3O3S. The van der Waals surface area contributed by atoms with Gasteiger partial charge in [-0.15, -0.1) is 0 Å². The molecule has 2 N–H and O–H groups in total. The van der Waals surface area contributed by atoms with Gasteiger partial charge in [-0.3, -0.25) is 10.1 Å². The fourth-order valence-electron chi connectivity index (χ4n) is 3.33. The van der Waals surface area contributed by atoms with E-state index < -0.39 is 0 Å². The van der Waals surface area contributed by atoms with E-state index in [0.717, 1.165) is 34.3 Å². The Bertz CT molecular complexity index is 1280. The average Bonchev–Trinajstić information content (AvgIpc) is 3.20. The summed E-state index contributed by atoms with van der Waals surface area (Å²) in [6.45, 7) is 4.67. The Kier molecular flexibility index (Phi) is 7.00. The van der Waals surface area contributed by atoms with E-state index in [1.165, 1.54) is 0 Å². The van der Waals surface area contributed by atoms with Gasteiger partial charge in [0.1, 0.15) is 11.3 Å². The molecule has 0 atom stereocenters. The lowest BCUT2D eigenvalue weighted by molar-refractivity contribution is 0.0977. The summed E-state index contributed by atoms with van der Waals surface area (Å²) in [6, 6.07) is 20.8. The van der Waals surface area contributed by atoms with Crippen molar-refractivity contribution in [3.63, 3.8) is 0 Å². The number of rotatable bonds is 7. The van der Waals surface area contributed by atoms with Crippen molar-refractivity contribution in [3.05, 3.63) is 89.3 Å². The van der Waals surface area contributed by atoms with E-state index in [-0.39, 0.29) is 11.0 Å². The van der Waals surface area contributed by atoms with Gasteiger partial charge in [0.05, 0.1) is 6.61 Å². The molecule has 0 bridgehead atoms. The zero-order chi connectivity index (χ0) is 23.2. The van der Waals surface area contributed by atoms with Gasteiger partial charge in [-0.05, 0) is 79.2 Å². The number of fused-ring (bicyclic) bond motifs is 1. The number of benzene rings is 3. The van der Waals surface area contributed by atoms with E-state index in [9.17, 15) is 4.79 Å². The Morgan fingerprint density at radius 2 is 1.91 bits per heavy atom. The van der Waals surface area contributed by atoms with Crippen LogP contribution in [0.4, 0.5) is 5.69 Å². The Labute approximate surface area is 198 Å². The number of hydrogen-bond acceptors (Lipinski definition) is 5. The van der Waals surface area contributed by atoms with Crippen LogP contribution in [0.2, 0.25) is 0 Å². The molecule has 0 radical (unpaired) electrons. The van der Waals surface area contributed by atoms with Crippen LogP contribution in [0.25, 0.3) is 11.1 Å². The van der Waals surface area contributed by atoms with Crippen LogP contribution in [0, 0.1) is 6.92 Å². The molecule has 0 saturated carbocycles. The first-order valence-corrected chi connectivity index (χ1v) is 11.2. The van der Waals surface area contributed by atoms with Crippen LogP contribution in [0.3, 0.4) is 0 Å². The molecule has 6 nitrogen and oxygen atoms in total. The maximum Gasteiger partial charge on any atom is 0.257 e. The molecule has 0 aliphatic carbocycles. The highest BCUT2D eigenvalue weighted by Gasteiger charge is 2.10. The standard InChI is InChI=1S/C26H25N3O3S/c1-3-13-31-21-6-4-5-19(16-21)25(30)29-26(33)27-20-10-8-18(9-11-20)15-24-28-22-14-17(2)7-12-23(22)32-24/h4-12,14,16H,3,13,15H2,1-2H3,(H2,27,29,30,33). The Balaban J connectivity index is 1.33. The van der Waals surface area contributed by atoms with Gasteiger partial charge in [0.25, 0.3) is 5.91 Å². The minimum Gasteiger partial charge on any atom is -0.494 e. The number of amides is 1. The number of nitrogens with zero attached hydrogens (tertiary/aromatic N) is 1. The summed E-state index contributed by atoms with van der Waals surface area (Å²) < 4.78 is 11.4. The van der Waals surface area contributed by atoms with E-state index in [0.29, 0.717) is 30.2 Å². The van der Waals surface area contributed by atoms with Crippen LogP contribution in [-0.4, -0.2) is 22.6 Å². The third-order valence-electron chi connectivity index (χ3n) is 4.95. The highest BCUT2D eigenvalue weighted by atomic mass is 32.1. The predicted molar refractivity (Wildman–Crippen MR) is 134 cm³/mol. The number of nitrogens with one attached hydrogen (secondary N) is 2. The van der Waals surface area contributed by atoms with Crippen LogP contribution in [0.15, 0.2) is 71.1 Å². The summed E-state index contributed by atoms with van der Waals surface area (Å²) in [7, 11) is 0. The van der Waals surface area contributed by atoms with Gasteiger partial charge in [0.2, 0.25) is 0 Å². The number of oxazole rings is 1. The zero-order valence-corrected chi connectivity index (χ0v) is 19.4. The third-order valence-corrected chi connectivity index (χ3v) is 5.15. The Morgan fingerprint density at radius 1 is 1.09 bits per heavy atom. The number of anilines is 1. The van der Waals surface area contributed by atoms with Crippen molar-refractivity contribution >= 4 is 40.0 Å². The quantitative estimate of drug-likeness (QED) is 0.348. The average molecular weight is 460 g/mol. The first kappa shape index (κ1) is 22.5. The molecule has 1 amide bonds. The van der Waals surface area contributed by atoms with E-state index in [4.69, 9.17) is 21.4 Å². The van der Waals surface area contributed by atoms with Gasteiger partial charge in [-0.25, -0.2) is 4.98 Å². The van der Waals surface area contributed by atoms with Gasteiger partial charge in [0, 0.05) is 17.7 Å². The second-order valence-corrected chi connectivity index (χ2v) is 8.15. The topological polar surface area (TPSA) is 76.4 Å². The number of carbonyl (C=O) groups excluding carboxylic acids is 1. The largest absolute Gasteiger partial charge is 0.494 e. The summed E-state index contributed by atoms with van der Waals surface area (Å²) in [5.41, 5.74) is 5.12. The summed E-state index contributed by atoms with van der Waals surface area (Å²) >= 11 is 5.30. The maximum absolute atomic E-state index is 12.5. The second kappa shape index (κ2) is 10.3. The van der Waals surface area contributed by atoms with Crippen LogP contribution >= 0.6 is 12.2 Å². The maximum atomic E-state index is 12.5. The van der Waals surface area contributed by atoms with Crippen LogP contribution in [0.5, 0.6) is 5.75 Å². The molecule has 0 fully saturated rings. The number of carbonyl (C=O) groups is 1. The fraction of sp³-hybridized carbons (Fsp3) is 0.192. The van der Waals surface area contributed by atoms with Crippen molar-refractivity contribution in [2.45, 2.75) is 26.7 Å². The zero-order valence-electron chi connectivity index (χ0n) is 18.6. The molecule has 168 valence electrons. The summed E-state index contributed by atoms with van der Waals surface area (Å²) in [6.07, 6.45) is 1.49. The molecule has 4 rings (SSSR count). The van der Waals surface area contributed by atoms with Crippen LogP contribution in [0.1, 0.15) is 40.7 Å². The number of thiocarbonyl (C=S) groups is 1. The second-order valence-electron chi connectivity index (χ2n) is 7.74. The molecular weight excluding hydrogens is 434 g/mol. The highest BCUT2D eigenvalue weighted by molar-refractivity contribution is 7.80. The molecule has 0 aliphatic heterocycles. The highest BCUT2D eigenvalue weighted by Crippen LogP contribution is 2.20. The first-order valence-electron chi connectivity index (χ1n) is 10.8. The third kappa shape index (κ3) is 5.96. The monoisotopic (exact) mass is 459 g/mol. The molecule has 3 aromatic carbocycles. The Morgan fingerprint density at radius 3 is 2.70 bits per heavy atom. The van der Waals surface area contributed by atoms with Crippen molar-refractivity contribution < 1.29 is 13.9 Å². The number of aryl methyl sites for hydroxylation is 1. The van der Waals surface area contributed by atoms with E-state index in [2.05, 4.69) is 15.6 Å². The molecule has 0 spiro atoms. The van der Waals surface area contributed by atoms with Gasteiger partial charge in [0.15, 0.2) is 16.6 Å². The smallest absolute Gasteiger partial charge is 0.257 e. The molecule has 1 aromatic heterocycles. The van der Waals surface area contributed by atoms with Gasteiger partial charge in [-0.2, -0.15) is 0 Å². The fourth-order valence-corrected chi connectivity index (χ4v) is 3.54. The Hall–Kier alpha value is -3.71. The minimum absolute atomic E-state index is 0.224. The number of ether oxygens (including phenoxy) is 1. The van der Waals surface area contributed by atoms with Gasteiger partial charge >= 0.3 is 0 Å². The van der Waals surface area contributed by atoms with E-state index in [1.54, 1.807) is 18.2 Å². The molecule has 33 heavy (non-hydrogen) atoms. The number of hydrogen-bond donors (Lipinski definition) is 2. The van der Waals surface area contributed by atoms with Crippen molar-refractivity contribution in [2.75, 3.05) is 11.9 Å². The van der Waals surface area contributed by atoms with Crippen molar-refractivity contribution in [1.82, 2.24) is 10.3 Å². The molecule has 4 aromatic rings. The molecule has 0 aliphatic rings. The number of aromatic nitrogens is 1. The van der Waals surface area contributed by atoms with Crippen LogP contribution in [-0.2, 0) is 6.42 Å². The molecule has 1 heterocycles. The van der Waals surface area contributed by atoms with E-state index in [1.807, 2.05) is 62.4 Å².